The third kappa shape index (κ3) is 2.64. The lowest BCUT2D eigenvalue weighted by Gasteiger charge is -2.11. The van der Waals surface area contributed by atoms with Gasteiger partial charge in [-0.25, -0.2) is 4.68 Å². The van der Waals surface area contributed by atoms with Crippen molar-refractivity contribution in [2.75, 3.05) is 12.4 Å². The number of hydrogen-bond donors (Lipinski definition) is 1. The van der Waals surface area contributed by atoms with E-state index in [9.17, 15) is 9.00 Å². The molecule has 1 aromatic heterocycles. The van der Waals surface area contributed by atoms with Gasteiger partial charge in [0.2, 0.25) is 5.91 Å². The molecule has 0 aliphatic carbocycles. The predicted octanol–water partition coefficient (Wildman–Crippen LogP) is 1.99. The number of nitrogens with one attached hydrogen (secondary N) is 1. The van der Waals surface area contributed by atoms with E-state index in [1.165, 1.54) is 0 Å². The highest BCUT2D eigenvalue weighted by molar-refractivity contribution is 7.83. The van der Waals surface area contributed by atoms with Gasteiger partial charge >= 0.3 is 0 Å². The van der Waals surface area contributed by atoms with Crippen molar-refractivity contribution in [2.24, 2.45) is 0 Å². The lowest BCUT2D eigenvalue weighted by atomic mass is 10.2. The number of benzene rings is 1. The monoisotopic (exact) mass is 319 g/mol. The van der Waals surface area contributed by atoms with E-state index in [1.54, 1.807) is 18.7 Å². The molecule has 1 aromatic carbocycles. The van der Waals surface area contributed by atoms with Gasteiger partial charge in [-0.1, -0.05) is 6.92 Å². The highest BCUT2D eigenvalue weighted by Crippen LogP contribution is 2.31. The zero-order chi connectivity index (χ0) is 15.7. The van der Waals surface area contributed by atoms with E-state index >= 15 is 0 Å². The summed E-state index contributed by atoms with van der Waals surface area (Å²) in [5.74, 6) is 2.16. The first-order valence-electron chi connectivity index (χ1n) is 7.02. The molecule has 1 aliphatic rings. The Morgan fingerprint density at radius 1 is 1.36 bits per heavy atom. The first-order chi connectivity index (χ1) is 10.6. The molecule has 22 heavy (non-hydrogen) atoms. The lowest BCUT2D eigenvalue weighted by molar-refractivity contribution is -0.115. The van der Waals surface area contributed by atoms with Crippen molar-refractivity contribution in [3.05, 3.63) is 35.5 Å². The molecule has 2 aromatic rings. The van der Waals surface area contributed by atoms with E-state index in [-0.39, 0.29) is 5.91 Å². The van der Waals surface area contributed by atoms with E-state index < -0.39 is 10.8 Å². The summed E-state index contributed by atoms with van der Waals surface area (Å²) < 4.78 is 18.6. The Morgan fingerprint density at radius 3 is 2.73 bits per heavy atom. The SMILES string of the molecule is CCC(=O)Nc1c2c(nn1-c1ccc(OC)cc1)C[S@@](=O)C2. The molecule has 7 heteroatoms. The second-order valence-corrected chi connectivity index (χ2v) is 6.47. The number of amides is 1. The molecule has 6 nitrogen and oxygen atoms in total. The number of methoxy groups -OCH3 is 1. The molecule has 0 saturated heterocycles. The summed E-state index contributed by atoms with van der Waals surface area (Å²) in [5.41, 5.74) is 2.49. The van der Waals surface area contributed by atoms with Crippen LogP contribution in [0.5, 0.6) is 5.75 Å². The smallest absolute Gasteiger partial charge is 0.225 e. The molecule has 1 aliphatic heterocycles. The fourth-order valence-corrected chi connectivity index (χ4v) is 3.65. The minimum atomic E-state index is -0.932. The van der Waals surface area contributed by atoms with E-state index in [4.69, 9.17) is 4.74 Å². The first-order valence-corrected chi connectivity index (χ1v) is 8.51. The zero-order valence-corrected chi connectivity index (χ0v) is 13.3. The Hall–Kier alpha value is -2.15. The molecule has 0 bridgehead atoms. The molecule has 1 N–H and O–H groups in total. The van der Waals surface area contributed by atoms with Gasteiger partial charge in [-0.2, -0.15) is 5.10 Å². The number of hydrogen-bond acceptors (Lipinski definition) is 4. The average molecular weight is 319 g/mol. The Morgan fingerprint density at radius 2 is 2.09 bits per heavy atom. The van der Waals surface area contributed by atoms with Crippen LogP contribution in [-0.4, -0.2) is 27.0 Å². The Labute approximate surface area is 130 Å². The number of aromatic nitrogens is 2. The van der Waals surface area contributed by atoms with Crippen molar-refractivity contribution in [3.63, 3.8) is 0 Å². The van der Waals surface area contributed by atoms with Crippen molar-refractivity contribution < 1.29 is 13.7 Å². The van der Waals surface area contributed by atoms with Gasteiger partial charge in [0.25, 0.3) is 0 Å². The van der Waals surface area contributed by atoms with Gasteiger partial charge in [0.1, 0.15) is 11.6 Å². The van der Waals surface area contributed by atoms with Crippen LogP contribution in [0.15, 0.2) is 24.3 Å². The molecular weight excluding hydrogens is 302 g/mol. The number of carbonyl (C=O) groups is 1. The number of fused-ring (bicyclic) bond motifs is 1. The van der Waals surface area contributed by atoms with Crippen LogP contribution in [0, 0.1) is 0 Å². The highest BCUT2D eigenvalue weighted by atomic mass is 32.2. The summed E-state index contributed by atoms with van der Waals surface area (Å²) >= 11 is 0. The molecule has 2 heterocycles. The van der Waals surface area contributed by atoms with E-state index in [1.807, 2.05) is 24.3 Å². The largest absolute Gasteiger partial charge is 0.497 e. The molecular formula is C15H17N3O3S. The van der Waals surface area contributed by atoms with Crippen LogP contribution in [0.4, 0.5) is 5.82 Å². The summed E-state index contributed by atoms with van der Waals surface area (Å²) in [6, 6.07) is 7.43. The zero-order valence-electron chi connectivity index (χ0n) is 12.5. The summed E-state index contributed by atoms with van der Waals surface area (Å²) in [7, 11) is 0.679. The topological polar surface area (TPSA) is 73.2 Å². The normalized spacial score (nSPS) is 16.4. The maximum absolute atomic E-state index is 11.8. The van der Waals surface area contributed by atoms with Crippen molar-refractivity contribution in [1.29, 1.82) is 0 Å². The maximum Gasteiger partial charge on any atom is 0.225 e. The number of rotatable bonds is 4. The lowest BCUT2D eigenvalue weighted by Crippen LogP contribution is -2.15. The van der Waals surface area contributed by atoms with Crippen LogP contribution in [0.25, 0.3) is 5.69 Å². The Balaban J connectivity index is 2.04. The highest BCUT2D eigenvalue weighted by Gasteiger charge is 2.28. The Bertz CT molecular complexity index is 737. The fraction of sp³-hybridized carbons (Fsp3) is 0.333. The third-order valence-electron chi connectivity index (χ3n) is 3.57. The minimum absolute atomic E-state index is 0.0878. The van der Waals surface area contributed by atoms with Gasteiger partial charge in [-0.05, 0) is 24.3 Å². The molecule has 0 saturated carbocycles. The predicted molar refractivity (Wildman–Crippen MR) is 84.6 cm³/mol. The Kier molecular flexibility index (Phi) is 3.98. The van der Waals surface area contributed by atoms with E-state index in [0.29, 0.717) is 23.7 Å². The second-order valence-electron chi connectivity index (χ2n) is 5.01. The van der Waals surface area contributed by atoms with Gasteiger partial charge in [-0.3, -0.25) is 9.00 Å². The van der Waals surface area contributed by atoms with Crippen LogP contribution in [0.1, 0.15) is 24.6 Å². The van der Waals surface area contributed by atoms with Crippen molar-refractivity contribution in [1.82, 2.24) is 9.78 Å². The van der Waals surface area contributed by atoms with Gasteiger partial charge in [0.15, 0.2) is 0 Å². The molecule has 0 spiro atoms. The fourth-order valence-electron chi connectivity index (χ4n) is 2.39. The van der Waals surface area contributed by atoms with Crippen molar-refractivity contribution in [3.8, 4) is 11.4 Å². The standard InChI is InChI=1S/C15H17N3O3S/c1-3-14(19)16-15-12-8-22(20)9-13(12)17-18(15)10-4-6-11(21-2)7-5-10/h4-7H,3,8-9H2,1-2H3,(H,16,19)/t22-/m0/s1. The second kappa shape index (κ2) is 5.92. The summed E-state index contributed by atoms with van der Waals surface area (Å²) in [6.45, 7) is 1.79. The molecule has 0 fully saturated rings. The number of nitrogens with zero attached hydrogens (tertiary/aromatic N) is 2. The quantitative estimate of drug-likeness (QED) is 0.935. The van der Waals surface area contributed by atoms with Crippen LogP contribution < -0.4 is 10.1 Å². The van der Waals surface area contributed by atoms with Crippen molar-refractivity contribution >= 4 is 22.5 Å². The van der Waals surface area contributed by atoms with Gasteiger partial charge in [0.05, 0.1) is 30.0 Å². The molecule has 1 atom stereocenters. The third-order valence-corrected chi connectivity index (χ3v) is 4.77. The first kappa shape index (κ1) is 14.8. The molecule has 116 valence electrons. The van der Waals surface area contributed by atoms with Gasteiger partial charge in [-0.15, -0.1) is 0 Å². The minimum Gasteiger partial charge on any atom is -0.497 e. The molecule has 0 unspecified atom stereocenters. The summed E-state index contributed by atoms with van der Waals surface area (Å²) in [6.07, 6.45) is 0.381. The number of ether oxygens (including phenoxy) is 1. The summed E-state index contributed by atoms with van der Waals surface area (Å²) in [5, 5.41) is 7.41. The van der Waals surface area contributed by atoms with Crippen LogP contribution in [-0.2, 0) is 27.1 Å². The van der Waals surface area contributed by atoms with Crippen LogP contribution in [0.3, 0.4) is 0 Å². The maximum atomic E-state index is 11.8. The average Bonchev–Trinajstić information content (AvgIpc) is 3.04. The number of carbonyl (C=O) groups excluding carboxylic acids is 1. The molecule has 0 radical (unpaired) electrons. The van der Waals surface area contributed by atoms with Crippen molar-refractivity contribution in [2.45, 2.75) is 24.9 Å². The van der Waals surface area contributed by atoms with Crippen LogP contribution in [0.2, 0.25) is 0 Å². The van der Waals surface area contributed by atoms with Gasteiger partial charge < -0.3 is 10.1 Å². The molecule has 1 amide bonds. The van der Waals surface area contributed by atoms with E-state index in [0.717, 1.165) is 22.7 Å². The molecule has 3 rings (SSSR count). The number of anilines is 1. The van der Waals surface area contributed by atoms with E-state index in [2.05, 4.69) is 10.4 Å². The van der Waals surface area contributed by atoms with Gasteiger partial charge in [0, 0.05) is 22.8 Å². The van der Waals surface area contributed by atoms with Crippen LogP contribution >= 0.6 is 0 Å². The summed E-state index contributed by atoms with van der Waals surface area (Å²) in [4.78, 5) is 11.8.